The van der Waals surface area contributed by atoms with E-state index in [0.717, 1.165) is 4.90 Å². The van der Waals surface area contributed by atoms with Gasteiger partial charge in [0.05, 0.1) is 17.7 Å². The largest absolute Gasteiger partial charge is 0.464 e. The zero-order valence-corrected chi connectivity index (χ0v) is 16.8. The molecule has 0 aliphatic carbocycles. The molecule has 1 aliphatic heterocycles. The molecule has 0 spiro atoms. The molecule has 0 atom stereocenters. The first-order chi connectivity index (χ1) is 14.4. The van der Waals surface area contributed by atoms with Gasteiger partial charge in [-0.15, -0.1) is 0 Å². The van der Waals surface area contributed by atoms with E-state index in [0.29, 0.717) is 23.6 Å². The quantitative estimate of drug-likeness (QED) is 0.529. The Kier molecular flexibility index (Phi) is 6.46. The number of ether oxygens (including phenoxy) is 2. The van der Waals surface area contributed by atoms with Gasteiger partial charge >= 0.3 is 5.97 Å². The maximum Gasteiger partial charge on any atom is 0.305 e. The lowest BCUT2D eigenvalue weighted by molar-refractivity contribution is -0.143. The van der Waals surface area contributed by atoms with Gasteiger partial charge in [0.15, 0.2) is 0 Å². The highest BCUT2D eigenvalue weighted by Gasteiger charge is 2.35. The number of imide groups is 1. The van der Waals surface area contributed by atoms with Crippen LogP contribution in [-0.4, -0.2) is 41.7 Å². The molecule has 1 aliphatic rings. The zero-order chi connectivity index (χ0) is 21.7. The number of esters is 1. The third-order valence-corrected chi connectivity index (χ3v) is 4.50. The van der Waals surface area contributed by atoms with Crippen molar-refractivity contribution in [2.24, 2.45) is 0 Å². The molecular formula is C22H22N2O6. The molecule has 156 valence electrons. The number of fused-ring (bicyclic) bond motifs is 1. The topological polar surface area (TPSA) is 102 Å². The van der Waals surface area contributed by atoms with Gasteiger partial charge in [-0.3, -0.25) is 24.1 Å². The molecule has 1 N–H and O–H groups in total. The number of benzene rings is 2. The number of hydrogen-bond acceptors (Lipinski definition) is 6. The molecule has 0 fully saturated rings. The van der Waals surface area contributed by atoms with Crippen molar-refractivity contribution in [1.82, 2.24) is 4.90 Å². The van der Waals surface area contributed by atoms with Gasteiger partial charge in [0, 0.05) is 18.5 Å². The summed E-state index contributed by atoms with van der Waals surface area (Å²) in [5.41, 5.74) is 1.18. The summed E-state index contributed by atoms with van der Waals surface area (Å²) in [7, 11) is 0. The minimum absolute atomic E-state index is 0.000774. The summed E-state index contributed by atoms with van der Waals surface area (Å²) in [5.74, 6) is -0.429. The highest BCUT2D eigenvalue weighted by atomic mass is 16.5. The summed E-state index contributed by atoms with van der Waals surface area (Å²) >= 11 is 0. The van der Waals surface area contributed by atoms with Gasteiger partial charge in [0.2, 0.25) is 5.91 Å². The van der Waals surface area contributed by atoms with Crippen LogP contribution in [0.4, 0.5) is 5.69 Å². The van der Waals surface area contributed by atoms with E-state index >= 15 is 0 Å². The van der Waals surface area contributed by atoms with E-state index in [9.17, 15) is 19.2 Å². The summed E-state index contributed by atoms with van der Waals surface area (Å²) in [5, 5.41) is 2.75. The second-order valence-corrected chi connectivity index (χ2v) is 6.57. The van der Waals surface area contributed by atoms with Crippen LogP contribution in [0, 0.1) is 0 Å². The van der Waals surface area contributed by atoms with Crippen molar-refractivity contribution in [2.75, 3.05) is 18.5 Å². The molecule has 8 heteroatoms. The van der Waals surface area contributed by atoms with Gasteiger partial charge in [-0.05, 0) is 42.5 Å². The number of amides is 3. The summed E-state index contributed by atoms with van der Waals surface area (Å²) < 4.78 is 10.7. The van der Waals surface area contributed by atoms with Gasteiger partial charge in [0.1, 0.15) is 18.1 Å². The lowest BCUT2D eigenvalue weighted by atomic mass is 10.1. The fraction of sp³-hybridized carbons (Fsp3) is 0.273. The third kappa shape index (κ3) is 4.65. The Morgan fingerprint density at radius 1 is 0.900 bits per heavy atom. The molecule has 2 aromatic carbocycles. The Hall–Kier alpha value is -3.68. The first kappa shape index (κ1) is 21.0. The van der Waals surface area contributed by atoms with Gasteiger partial charge in [0.25, 0.3) is 11.8 Å². The number of carbonyl (C=O) groups excluding carboxylic acids is 4. The van der Waals surface area contributed by atoms with Gasteiger partial charge < -0.3 is 14.8 Å². The number of carbonyl (C=O) groups is 4. The molecule has 0 saturated carbocycles. The highest BCUT2D eigenvalue weighted by Crippen LogP contribution is 2.30. The van der Waals surface area contributed by atoms with E-state index in [4.69, 9.17) is 9.47 Å². The molecule has 30 heavy (non-hydrogen) atoms. The molecule has 0 saturated heterocycles. The van der Waals surface area contributed by atoms with E-state index in [2.05, 4.69) is 5.32 Å². The van der Waals surface area contributed by atoms with Crippen LogP contribution in [0.15, 0.2) is 42.5 Å². The highest BCUT2D eigenvalue weighted by molar-refractivity contribution is 6.21. The van der Waals surface area contributed by atoms with Crippen LogP contribution in [0.25, 0.3) is 0 Å². The number of nitrogens with one attached hydrogen (secondary N) is 1. The van der Waals surface area contributed by atoms with E-state index in [-0.39, 0.29) is 42.6 Å². The van der Waals surface area contributed by atoms with E-state index in [1.807, 2.05) is 0 Å². The number of hydrogen-bond donors (Lipinski definition) is 1. The Labute approximate surface area is 173 Å². The summed E-state index contributed by atoms with van der Waals surface area (Å²) in [6.07, 6.45) is 0.618. The van der Waals surface area contributed by atoms with Crippen LogP contribution < -0.4 is 10.1 Å². The van der Waals surface area contributed by atoms with Crippen LogP contribution in [0.2, 0.25) is 0 Å². The van der Waals surface area contributed by atoms with Gasteiger partial charge in [-0.2, -0.15) is 0 Å². The predicted octanol–water partition coefficient (Wildman–Crippen LogP) is 3.38. The lowest BCUT2D eigenvalue weighted by Gasteiger charge is -2.13. The average molecular weight is 410 g/mol. The number of rotatable bonds is 8. The van der Waals surface area contributed by atoms with Crippen molar-refractivity contribution in [2.45, 2.75) is 26.7 Å². The van der Waals surface area contributed by atoms with Crippen LogP contribution >= 0.6 is 0 Å². The van der Waals surface area contributed by atoms with Crippen molar-refractivity contribution in [3.63, 3.8) is 0 Å². The molecule has 0 bridgehead atoms. The Bertz CT molecular complexity index is 984. The first-order valence-corrected chi connectivity index (χ1v) is 9.66. The van der Waals surface area contributed by atoms with Crippen molar-refractivity contribution in [3.8, 4) is 11.5 Å². The van der Waals surface area contributed by atoms with Crippen molar-refractivity contribution in [3.05, 3.63) is 53.6 Å². The van der Waals surface area contributed by atoms with Gasteiger partial charge in [-0.25, -0.2) is 0 Å². The molecule has 8 nitrogen and oxygen atoms in total. The van der Waals surface area contributed by atoms with Crippen LogP contribution in [0.5, 0.6) is 11.5 Å². The third-order valence-electron chi connectivity index (χ3n) is 4.50. The molecule has 0 radical (unpaired) electrons. The summed E-state index contributed by atoms with van der Waals surface area (Å²) in [4.78, 5) is 48.8. The predicted molar refractivity (Wildman–Crippen MR) is 108 cm³/mol. The first-order valence-electron chi connectivity index (χ1n) is 9.66. The Morgan fingerprint density at radius 3 is 2.23 bits per heavy atom. The van der Waals surface area contributed by atoms with Gasteiger partial charge in [-0.1, -0.05) is 13.8 Å². The molecule has 0 aromatic heterocycles. The van der Waals surface area contributed by atoms with Crippen molar-refractivity contribution < 1.29 is 28.7 Å². The van der Waals surface area contributed by atoms with E-state index < -0.39 is 11.8 Å². The summed E-state index contributed by atoms with van der Waals surface area (Å²) in [6, 6.07) is 11.5. The normalized spacial score (nSPS) is 12.5. The SMILES string of the molecule is CCC(=O)Nc1ccc(Oc2ccc3c(c2)C(=O)N(CCOC(=O)CC)C3=O)cc1. The average Bonchev–Trinajstić information content (AvgIpc) is 2.99. The Morgan fingerprint density at radius 2 is 1.57 bits per heavy atom. The number of nitrogens with zero attached hydrogens (tertiary/aromatic N) is 1. The standard InChI is InChI=1S/C22H22N2O6/c1-3-19(25)23-14-5-7-15(8-6-14)30-16-9-10-17-18(13-16)22(28)24(21(17)27)11-12-29-20(26)4-2/h5-10,13H,3-4,11-12H2,1-2H3,(H,23,25). The molecule has 3 rings (SSSR count). The number of anilines is 1. The minimum atomic E-state index is -0.453. The second-order valence-electron chi connectivity index (χ2n) is 6.57. The molecule has 3 amide bonds. The Balaban J connectivity index is 1.67. The molecule has 0 unspecified atom stereocenters. The monoisotopic (exact) mass is 410 g/mol. The summed E-state index contributed by atoms with van der Waals surface area (Å²) in [6.45, 7) is 3.40. The fourth-order valence-electron chi connectivity index (χ4n) is 2.88. The lowest BCUT2D eigenvalue weighted by Crippen LogP contribution is -2.33. The maximum atomic E-state index is 12.6. The molecular weight excluding hydrogens is 388 g/mol. The minimum Gasteiger partial charge on any atom is -0.464 e. The second kappa shape index (κ2) is 9.21. The molecule has 2 aromatic rings. The van der Waals surface area contributed by atoms with Crippen molar-refractivity contribution in [1.29, 1.82) is 0 Å². The van der Waals surface area contributed by atoms with Crippen LogP contribution in [-0.2, 0) is 14.3 Å². The maximum absolute atomic E-state index is 12.6. The fourth-order valence-corrected chi connectivity index (χ4v) is 2.88. The van der Waals surface area contributed by atoms with E-state index in [1.54, 1.807) is 50.2 Å². The van der Waals surface area contributed by atoms with Crippen LogP contribution in [0.3, 0.4) is 0 Å². The smallest absolute Gasteiger partial charge is 0.305 e. The zero-order valence-electron chi connectivity index (χ0n) is 16.8. The van der Waals surface area contributed by atoms with E-state index in [1.165, 1.54) is 6.07 Å². The molecule has 1 heterocycles. The van der Waals surface area contributed by atoms with Crippen molar-refractivity contribution >= 4 is 29.4 Å². The van der Waals surface area contributed by atoms with Crippen LogP contribution in [0.1, 0.15) is 47.4 Å².